The van der Waals surface area contributed by atoms with E-state index in [9.17, 15) is 0 Å². The van der Waals surface area contributed by atoms with Crippen LogP contribution in [0, 0.1) is 0 Å². The van der Waals surface area contributed by atoms with Gasteiger partial charge in [-0.05, 0) is 57.8 Å². The van der Waals surface area contributed by atoms with E-state index in [2.05, 4.69) is 42.8 Å². The fraction of sp³-hybridized carbons (Fsp3) is 0.556. The van der Waals surface area contributed by atoms with Gasteiger partial charge in [0.25, 0.3) is 0 Å². The van der Waals surface area contributed by atoms with Crippen molar-refractivity contribution >= 4 is 5.65 Å². The lowest BCUT2D eigenvalue weighted by atomic mass is 9.95. The number of hydrogen-bond acceptors (Lipinski definition) is 6. The lowest BCUT2D eigenvalue weighted by Crippen LogP contribution is -2.35. The molecular formula is C18H22N6O. The largest absolute Gasteiger partial charge is 0.338 e. The zero-order valence-electron chi connectivity index (χ0n) is 14.4. The minimum absolute atomic E-state index is 0.177. The Bertz CT molecular complexity index is 874. The highest BCUT2D eigenvalue weighted by Crippen LogP contribution is 2.39. The quantitative estimate of drug-likeness (QED) is 0.728. The van der Waals surface area contributed by atoms with Gasteiger partial charge in [-0.1, -0.05) is 11.2 Å². The van der Waals surface area contributed by atoms with Gasteiger partial charge in [0.15, 0.2) is 11.5 Å². The summed E-state index contributed by atoms with van der Waals surface area (Å²) in [4.78, 5) is 7.05. The molecule has 3 aromatic heterocycles. The van der Waals surface area contributed by atoms with Crippen LogP contribution in [-0.4, -0.2) is 42.7 Å². The van der Waals surface area contributed by atoms with Crippen molar-refractivity contribution in [2.24, 2.45) is 0 Å². The lowest BCUT2D eigenvalue weighted by molar-refractivity contribution is 0.134. The molecule has 3 aromatic rings. The molecule has 0 amide bonds. The molecule has 1 saturated heterocycles. The van der Waals surface area contributed by atoms with E-state index in [1.54, 1.807) is 0 Å². The Morgan fingerprint density at radius 2 is 1.92 bits per heavy atom. The summed E-state index contributed by atoms with van der Waals surface area (Å²) < 4.78 is 7.62. The SMILES string of the molecule is C[C@@H](c1nc(C2CC2)no1)N1CCC(c2nnc3ccccn23)CC1. The standard InChI is InChI=1S/C18H22N6O/c1-12(18-19-16(22-25-18)13-5-6-13)23-10-7-14(8-11-23)17-21-20-15-4-2-3-9-24(15)17/h2-4,9,12-14H,5-8,10-11H2,1H3/t12-/m0/s1. The van der Waals surface area contributed by atoms with Gasteiger partial charge in [-0.2, -0.15) is 4.98 Å². The average molecular weight is 338 g/mol. The summed E-state index contributed by atoms with van der Waals surface area (Å²) in [6.45, 7) is 4.18. The van der Waals surface area contributed by atoms with E-state index in [0.29, 0.717) is 11.8 Å². The van der Waals surface area contributed by atoms with Crippen LogP contribution in [0.3, 0.4) is 0 Å². The third-order valence-electron chi connectivity index (χ3n) is 5.54. The molecule has 1 aliphatic heterocycles. The highest BCUT2D eigenvalue weighted by atomic mass is 16.5. The smallest absolute Gasteiger partial charge is 0.243 e. The number of hydrogen-bond donors (Lipinski definition) is 0. The van der Waals surface area contributed by atoms with Crippen molar-refractivity contribution in [2.45, 2.75) is 50.5 Å². The van der Waals surface area contributed by atoms with Crippen LogP contribution in [0.4, 0.5) is 0 Å². The fourth-order valence-electron chi connectivity index (χ4n) is 3.76. The van der Waals surface area contributed by atoms with Gasteiger partial charge in [-0.25, -0.2) is 0 Å². The van der Waals surface area contributed by atoms with Crippen LogP contribution in [0.25, 0.3) is 5.65 Å². The summed E-state index contributed by atoms with van der Waals surface area (Å²) in [5.74, 6) is 3.72. The highest BCUT2D eigenvalue weighted by Gasteiger charge is 2.32. The van der Waals surface area contributed by atoms with Crippen LogP contribution in [0.1, 0.15) is 68.0 Å². The van der Waals surface area contributed by atoms with Gasteiger partial charge in [0.05, 0.1) is 6.04 Å². The Balaban J connectivity index is 1.27. The maximum Gasteiger partial charge on any atom is 0.243 e. The lowest BCUT2D eigenvalue weighted by Gasteiger charge is -2.33. The predicted molar refractivity (Wildman–Crippen MR) is 91.2 cm³/mol. The van der Waals surface area contributed by atoms with Crippen LogP contribution in [-0.2, 0) is 0 Å². The molecule has 1 atom stereocenters. The minimum Gasteiger partial charge on any atom is -0.338 e. The first-order valence-electron chi connectivity index (χ1n) is 9.17. The van der Waals surface area contributed by atoms with E-state index < -0.39 is 0 Å². The summed E-state index contributed by atoms with van der Waals surface area (Å²) in [6, 6.07) is 6.21. The van der Waals surface area contributed by atoms with E-state index in [1.807, 2.05) is 18.2 Å². The van der Waals surface area contributed by atoms with Gasteiger partial charge in [0.2, 0.25) is 5.89 Å². The van der Waals surface area contributed by atoms with Gasteiger partial charge in [-0.15, -0.1) is 10.2 Å². The Labute approximate surface area is 146 Å². The van der Waals surface area contributed by atoms with Crippen LogP contribution >= 0.6 is 0 Å². The van der Waals surface area contributed by atoms with Gasteiger partial charge in [-0.3, -0.25) is 9.30 Å². The molecular weight excluding hydrogens is 316 g/mol. The molecule has 2 aliphatic rings. The molecule has 0 N–H and O–H groups in total. The molecule has 7 nitrogen and oxygen atoms in total. The molecule has 2 fully saturated rings. The first kappa shape index (κ1) is 15.0. The van der Waals surface area contributed by atoms with Crippen molar-refractivity contribution in [3.63, 3.8) is 0 Å². The normalized spacial score (nSPS) is 21.0. The molecule has 0 radical (unpaired) electrons. The molecule has 0 spiro atoms. The topological polar surface area (TPSA) is 72.3 Å². The highest BCUT2D eigenvalue weighted by molar-refractivity contribution is 5.37. The third-order valence-corrected chi connectivity index (χ3v) is 5.54. The number of nitrogens with zero attached hydrogens (tertiary/aromatic N) is 6. The van der Waals surface area contributed by atoms with E-state index in [4.69, 9.17) is 4.52 Å². The molecule has 130 valence electrons. The number of pyridine rings is 1. The minimum atomic E-state index is 0.177. The molecule has 5 rings (SSSR count). The third kappa shape index (κ3) is 2.72. The maximum atomic E-state index is 5.51. The van der Waals surface area contributed by atoms with E-state index in [0.717, 1.165) is 49.1 Å². The molecule has 7 heteroatoms. The summed E-state index contributed by atoms with van der Waals surface area (Å²) in [6.07, 6.45) is 6.60. The second kappa shape index (κ2) is 5.91. The molecule has 25 heavy (non-hydrogen) atoms. The van der Waals surface area contributed by atoms with Crippen molar-refractivity contribution in [3.05, 3.63) is 41.9 Å². The molecule has 1 saturated carbocycles. The van der Waals surface area contributed by atoms with Gasteiger partial charge >= 0.3 is 0 Å². The van der Waals surface area contributed by atoms with Gasteiger partial charge in [0.1, 0.15) is 5.82 Å². The number of likely N-dealkylation sites (tertiary alicyclic amines) is 1. The second-order valence-corrected chi connectivity index (χ2v) is 7.24. The van der Waals surface area contributed by atoms with Crippen molar-refractivity contribution in [3.8, 4) is 0 Å². The fourth-order valence-corrected chi connectivity index (χ4v) is 3.76. The zero-order chi connectivity index (χ0) is 16.8. The summed E-state index contributed by atoms with van der Waals surface area (Å²) in [5.41, 5.74) is 0.923. The first-order valence-corrected chi connectivity index (χ1v) is 9.17. The van der Waals surface area contributed by atoms with Crippen molar-refractivity contribution < 1.29 is 4.52 Å². The van der Waals surface area contributed by atoms with Crippen molar-refractivity contribution in [2.75, 3.05) is 13.1 Å². The Hall–Kier alpha value is -2.28. The van der Waals surface area contributed by atoms with Gasteiger partial charge in [0, 0.05) is 18.0 Å². The Morgan fingerprint density at radius 3 is 2.72 bits per heavy atom. The van der Waals surface area contributed by atoms with E-state index in [-0.39, 0.29) is 6.04 Å². The molecule has 0 aromatic carbocycles. The molecule has 0 unspecified atom stereocenters. The average Bonchev–Trinajstić information content (AvgIpc) is 3.23. The predicted octanol–water partition coefficient (Wildman–Crippen LogP) is 2.93. The monoisotopic (exact) mass is 338 g/mol. The van der Waals surface area contributed by atoms with E-state index >= 15 is 0 Å². The maximum absolute atomic E-state index is 5.51. The first-order chi connectivity index (χ1) is 12.3. The number of piperidine rings is 1. The summed E-state index contributed by atoms with van der Waals surface area (Å²) >= 11 is 0. The second-order valence-electron chi connectivity index (χ2n) is 7.24. The molecule has 1 aliphatic carbocycles. The number of rotatable bonds is 4. The van der Waals surface area contributed by atoms with Crippen molar-refractivity contribution in [1.82, 2.24) is 29.6 Å². The Morgan fingerprint density at radius 1 is 1.08 bits per heavy atom. The van der Waals surface area contributed by atoms with Crippen LogP contribution in [0.5, 0.6) is 0 Å². The summed E-state index contributed by atoms with van der Waals surface area (Å²) in [7, 11) is 0. The number of fused-ring (bicyclic) bond motifs is 1. The zero-order valence-corrected chi connectivity index (χ0v) is 14.4. The molecule has 4 heterocycles. The van der Waals surface area contributed by atoms with E-state index in [1.165, 1.54) is 12.8 Å². The van der Waals surface area contributed by atoms with Crippen LogP contribution in [0.2, 0.25) is 0 Å². The van der Waals surface area contributed by atoms with Crippen LogP contribution < -0.4 is 0 Å². The molecule has 0 bridgehead atoms. The van der Waals surface area contributed by atoms with Gasteiger partial charge < -0.3 is 4.52 Å². The Kier molecular flexibility index (Phi) is 3.55. The van der Waals surface area contributed by atoms with Crippen molar-refractivity contribution in [1.29, 1.82) is 0 Å². The number of aromatic nitrogens is 5. The summed E-state index contributed by atoms with van der Waals surface area (Å²) in [5, 5.41) is 12.9. The van der Waals surface area contributed by atoms with Crippen LogP contribution in [0.15, 0.2) is 28.9 Å².